The molecule has 3 aliphatic rings. The number of aryl methyl sites for hydroxylation is 1. The van der Waals surface area contributed by atoms with Gasteiger partial charge in [-0.1, -0.05) is 0 Å². The largest absolute Gasteiger partial charge is 0.381 e. The standard InChI is InChI=1S/C18H23FN4O2/c1-13-4-6-20-17(21-13)23-9-14-11-25-8-5-18(14,12-23)16(24)22-7-2-3-15(19)10-22/h3-4,6,14H,2,5,7-12H2,1H3. The molecule has 2 unspecified atom stereocenters. The number of halogens is 1. The summed E-state index contributed by atoms with van der Waals surface area (Å²) in [5, 5.41) is 0. The number of hydrogen-bond acceptors (Lipinski definition) is 5. The molecular weight excluding hydrogens is 323 g/mol. The molecule has 7 heteroatoms. The van der Waals surface area contributed by atoms with Gasteiger partial charge in [0.2, 0.25) is 11.9 Å². The van der Waals surface area contributed by atoms with E-state index in [0.29, 0.717) is 51.6 Å². The second kappa shape index (κ2) is 6.37. The number of amides is 1. The summed E-state index contributed by atoms with van der Waals surface area (Å²) in [6, 6.07) is 1.86. The van der Waals surface area contributed by atoms with Crippen LogP contribution in [-0.4, -0.2) is 60.2 Å². The molecule has 3 aliphatic heterocycles. The molecule has 1 aromatic heterocycles. The molecule has 0 N–H and O–H groups in total. The topological polar surface area (TPSA) is 58.6 Å². The number of rotatable bonds is 2. The van der Waals surface area contributed by atoms with Gasteiger partial charge < -0.3 is 14.5 Å². The van der Waals surface area contributed by atoms with Crippen LogP contribution < -0.4 is 4.90 Å². The Balaban J connectivity index is 1.61. The molecule has 0 aliphatic carbocycles. The van der Waals surface area contributed by atoms with Crippen molar-refractivity contribution < 1.29 is 13.9 Å². The fourth-order valence-electron chi connectivity index (χ4n) is 4.23. The summed E-state index contributed by atoms with van der Waals surface area (Å²) in [7, 11) is 0. The molecule has 1 aromatic rings. The maximum Gasteiger partial charge on any atom is 0.231 e. The maximum absolute atomic E-state index is 13.7. The van der Waals surface area contributed by atoms with Crippen LogP contribution in [0.3, 0.4) is 0 Å². The average molecular weight is 346 g/mol. The zero-order valence-corrected chi connectivity index (χ0v) is 14.4. The monoisotopic (exact) mass is 346 g/mol. The second-order valence-electron chi connectivity index (χ2n) is 7.22. The fraction of sp³-hybridized carbons (Fsp3) is 0.611. The molecule has 0 spiro atoms. The number of nitrogens with zero attached hydrogens (tertiary/aromatic N) is 4. The molecule has 134 valence electrons. The molecule has 0 aromatic carbocycles. The highest BCUT2D eigenvalue weighted by atomic mass is 19.1. The van der Waals surface area contributed by atoms with Crippen LogP contribution in [0.15, 0.2) is 24.2 Å². The minimum absolute atomic E-state index is 0.0548. The number of ether oxygens (including phenoxy) is 1. The highest BCUT2D eigenvalue weighted by Gasteiger charge is 2.55. The molecular formula is C18H23FN4O2. The Bertz CT molecular complexity index is 710. The van der Waals surface area contributed by atoms with Gasteiger partial charge in [-0.2, -0.15) is 0 Å². The molecule has 4 heterocycles. The number of fused-ring (bicyclic) bond motifs is 1. The van der Waals surface area contributed by atoms with Gasteiger partial charge in [0, 0.05) is 44.0 Å². The van der Waals surface area contributed by atoms with Gasteiger partial charge in [-0.15, -0.1) is 0 Å². The smallest absolute Gasteiger partial charge is 0.231 e. The molecule has 0 radical (unpaired) electrons. The van der Waals surface area contributed by atoms with Crippen LogP contribution in [0.2, 0.25) is 0 Å². The van der Waals surface area contributed by atoms with E-state index in [-0.39, 0.29) is 24.2 Å². The quantitative estimate of drug-likeness (QED) is 0.816. The zero-order valence-electron chi connectivity index (χ0n) is 14.4. The van der Waals surface area contributed by atoms with E-state index in [4.69, 9.17) is 4.74 Å². The van der Waals surface area contributed by atoms with Gasteiger partial charge in [0.1, 0.15) is 5.83 Å². The van der Waals surface area contributed by atoms with Crippen LogP contribution in [0.1, 0.15) is 18.5 Å². The summed E-state index contributed by atoms with van der Waals surface area (Å²) < 4.78 is 19.4. The Labute approximate surface area is 146 Å². The van der Waals surface area contributed by atoms with Crippen LogP contribution in [0, 0.1) is 18.3 Å². The van der Waals surface area contributed by atoms with Gasteiger partial charge >= 0.3 is 0 Å². The fourth-order valence-corrected chi connectivity index (χ4v) is 4.23. The summed E-state index contributed by atoms with van der Waals surface area (Å²) in [5.74, 6) is 0.591. The lowest BCUT2D eigenvalue weighted by Crippen LogP contribution is -2.53. The van der Waals surface area contributed by atoms with Crippen molar-refractivity contribution in [1.82, 2.24) is 14.9 Å². The van der Waals surface area contributed by atoms with Crippen LogP contribution in [0.5, 0.6) is 0 Å². The van der Waals surface area contributed by atoms with Crippen LogP contribution in [-0.2, 0) is 9.53 Å². The number of carbonyl (C=O) groups excluding carboxylic acids is 1. The molecule has 2 saturated heterocycles. The Morgan fingerprint density at radius 2 is 2.36 bits per heavy atom. The molecule has 25 heavy (non-hydrogen) atoms. The molecule has 0 saturated carbocycles. The summed E-state index contributed by atoms with van der Waals surface area (Å²) in [4.78, 5) is 26.0. The second-order valence-corrected chi connectivity index (χ2v) is 7.22. The van der Waals surface area contributed by atoms with E-state index in [1.807, 2.05) is 13.0 Å². The summed E-state index contributed by atoms with van der Waals surface area (Å²) >= 11 is 0. The number of carbonyl (C=O) groups is 1. The maximum atomic E-state index is 13.7. The van der Waals surface area contributed by atoms with Crippen LogP contribution in [0.25, 0.3) is 0 Å². The van der Waals surface area contributed by atoms with Crippen molar-refractivity contribution in [3.05, 3.63) is 29.9 Å². The number of hydrogen-bond donors (Lipinski definition) is 0. The first-order valence-corrected chi connectivity index (χ1v) is 8.85. The Morgan fingerprint density at radius 1 is 1.48 bits per heavy atom. The predicted octanol–water partition coefficient (Wildman–Crippen LogP) is 1.71. The molecule has 2 atom stereocenters. The lowest BCUT2D eigenvalue weighted by molar-refractivity contribution is -0.150. The van der Waals surface area contributed by atoms with E-state index < -0.39 is 5.41 Å². The van der Waals surface area contributed by atoms with E-state index in [9.17, 15) is 9.18 Å². The minimum atomic E-state index is -0.525. The SMILES string of the molecule is Cc1ccnc(N2CC3COCCC3(C(=O)N3CCC=C(F)C3)C2)n1. The van der Waals surface area contributed by atoms with Crippen molar-refractivity contribution in [2.45, 2.75) is 19.8 Å². The minimum Gasteiger partial charge on any atom is -0.381 e. The molecule has 1 amide bonds. The van der Waals surface area contributed by atoms with E-state index in [1.165, 1.54) is 0 Å². The first-order valence-electron chi connectivity index (χ1n) is 8.85. The van der Waals surface area contributed by atoms with Crippen molar-refractivity contribution in [1.29, 1.82) is 0 Å². The highest BCUT2D eigenvalue weighted by Crippen LogP contribution is 2.44. The van der Waals surface area contributed by atoms with Gasteiger partial charge in [-0.25, -0.2) is 14.4 Å². The third kappa shape index (κ3) is 2.90. The van der Waals surface area contributed by atoms with Gasteiger partial charge in [-0.3, -0.25) is 4.79 Å². The molecule has 6 nitrogen and oxygen atoms in total. The van der Waals surface area contributed by atoms with Crippen molar-refractivity contribution in [3.63, 3.8) is 0 Å². The van der Waals surface area contributed by atoms with Gasteiger partial charge in [0.15, 0.2) is 0 Å². The first-order chi connectivity index (χ1) is 12.1. The summed E-state index contributed by atoms with van der Waals surface area (Å²) in [6.07, 6.45) is 4.57. The van der Waals surface area contributed by atoms with E-state index in [1.54, 1.807) is 17.2 Å². The van der Waals surface area contributed by atoms with E-state index in [0.717, 1.165) is 5.69 Å². The Morgan fingerprint density at radius 3 is 3.16 bits per heavy atom. The van der Waals surface area contributed by atoms with E-state index in [2.05, 4.69) is 14.9 Å². The number of aromatic nitrogens is 2. The first kappa shape index (κ1) is 16.4. The van der Waals surface area contributed by atoms with Crippen molar-refractivity contribution >= 4 is 11.9 Å². The Hall–Kier alpha value is -2.02. The lowest BCUT2D eigenvalue weighted by atomic mass is 9.73. The average Bonchev–Trinajstić information content (AvgIpc) is 3.02. The van der Waals surface area contributed by atoms with Gasteiger partial charge in [-0.05, 0) is 31.9 Å². The molecule has 4 rings (SSSR count). The van der Waals surface area contributed by atoms with Crippen LogP contribution in [0.4, 0.5) is 10.3 Å². The third-order valence-corrected chi connectivity index (χ3v) is 5.59. The summed E-state index contributed by atoms with van der Waals surface area (Å²) in [5.41, 5.74) is 0.378. The number of anilines is 1. The van der Waals surface area contributed by atoms with Crippen molar-refractivity contribution in [2.75, 3.05) is 44.3 Å². The van der Waals surface area contributed by atoms with Crippen molar-refractivity contribution in [3.8, 4) is 0 Å². The zero-order chi connectivity index (χ0) is 17.4. The van der Waals surface area contributed by atoms with Gasteiger partial charge in [0.25, 0.3) is 0 Å². The molecule has 0 bridgehead atoms. The van der Waals surface area contributed by atoms with Crippen molar-refractivity contribution in [2.24, 2.45) is 11.3 Å². The normalized spacial score (nSPS) is 29.4. The predicted molar refractivity (Wildman–Crippen MR) is 90.7 cm³/mol. The lowest BCUT2D eigenvalue weighted by Gasteiger charge is -2.41. The highest BCUT2D eigenvalue weighted by molar-refractivity contribution is 5.85. The molecule has 2 fully saturated rings. The van der Waals surface area contributed by atoms with Crippen LogP contribution >= 0.6 is 0 Å². The third-order valence-electron chi connectivity index (χ3n) is 5.59. The summed E-state index contributed by atoms with van der Waals surface area (Å²) in [6.45, 7) is 5.00. The Kier molecular flexibility index (Phi) is 4.19. The van der Waals surface area contributed by atoms with E-state index >= 15 is 0 Å². The van der Waals surface area contributed by atoms with Gasteiger partial charge in [0.05, 0.1) is 18.6 Å².